The van der Waals surface area contributed by atoms with Gasteiger partial charge in [0.1, 0.15) is 5.52 Å². The summed E-state index contributed by atoms with van der Waals surface area (Å²) in [6, 6.07) is 7.49. The maximum Gasteiger partial charge on any atom is 0.151 e. The summed E-state index contributed by atoms with van der Waals surface area (Å²) in [5, 5.41) is 8.50. The number of nitrogens with two attached hydrogens (primary N) is 2. The fourth-order valence-electron chi connectivity index (χ4n) is 4.10. The summed E-state index contributed by atoms with van der Waals surface area (Å²) in [7, 11) is 0. The quantitative estimate of drug-likeness (QED) is 0.163. The minimum absolute atomic E-state index is 0.291. The molecule has 33 heavy (non-hydrogen) atoms. The second kappa shape index (κ2) is 12.7. The molecular formula is C27H37FN4S. The Morgan fingerprint density at radius 2 is 1.76 bits per heavy atom. The summed E-state index contributed by atoms with van der Waals surface area (Å²) in [5.41, 5.74) is 18.1. The molecule has 0 atom stereocenters. The van der Waals surface area contributed by atoms with E-state index in [0.29, 0.717) is 28.0 Å². The third kappa shape index (κ3) is 5.74. The van der Waals surface area contributed by atoms with Crippen molar-refractivity contribution < 1.29 is 4.39 Å². The van der Waals surface area contributed by atoms with Crippen LogP contribution in [0.15, 0.2) is 29.2 Å². The summed E-state index contributed by atoms with van der Waals surface area (Å²) in [6.07, 6.45) is 6.33. The zero-order valence-corrected chi connectivity index (χ0v) is 21.3. The van der Waals surface area contributed by atoms with E-state index in [1.165, 1.54) is 24.3 Å². The molecule has 0 saturated heterocycles. The molecule has 6 heteroatoms. The van der Waals surface area contributed by atoms with Gasteiger partial charge in [0.15, 0.2) is 5.82 Å². The molecule has 0 fully saturated rings. The van der Waals surface area contributed by atoms with Crippen LogP contribution in [0.1, 0.15) is 69.2 Å². The van der Waals surface area contributed by atoms with E-state index in [0.717, 1.165) is 53.0 Å². The Labute approximate surface area is 201 Å². The van der Waals surface area contributed by atoms with Crippen LogP contribution >= 0.6 is 11.8 Å². The Hall–Kier alpha value is -2.44. The molecule has 1 aliphatic rings. The van der Waals surface area contributed by atoms with Crippen LogP contribution in [0, 0.1) is 18.2 Å². The standard InChI is InChI=1S/C22H23FN4S.C3H8.C2H6/c1-12-6-7-13(8-19(12)28-11-25)21-15-5-3-2-4-14(15)20-16(10-24)18(26)9-17(23)22(20)27-21;1-3-2;1-2/h6-10,24H,2-5,11,25-26H2,1H3;3H2,1-2H3;1-2H3. The monoisotopic (exact) mass is 468 g/mol. The minimum Gasteiger partial charge on any atom is -0.398 e. The zero-order chi connectivity index (χ0) is 24.5. The molecule has 1 aromatic heterocycles. The topological polar surface area (TPSA) is 88.8 Å². The number of rotatable bonds is 4. The van der Waals surface area contributed by atoms with E-state index in [4.69, 9.17) is 21.9 Å². The van der Waals surface area contributed by atoms with Crippen molar-refractivity contribution in [3.8, 4) is 11.3 Å². The number of nitrogen functional groups attached to an aromatic ring is 1. The molecule has 1 heterocycles. The van der Waals surface area contributed by atoms with Gasteiger partial charge in [-0.1, -0.05) is 46.2 Å². The van der Waals surface area contributed by atoms with Gasteiger partial charge in [-0.3, -0.25) is 0 Å². The molecule has 3 aromatic rings. The minimum atomic E-state index is -0.434. The average molecular weight is 469 g/mol. The van der Waals surface area contributed by atoms with Crippen molar-refractivity contribution in [3.05, 3.63) is 52.3 Å². The van der Waals surface area contributed by atoms with Gasteiger partial charge in [-0.05, 0) is 61.4 Å². The van der Waals surface area contributed by atoms with Crippen LogP contribution in [0.3, 0.4) is 0 Å². The van der Waals surface area contributed by atoms with Gasteiger partial charge in [0.25, 0.3) is 0 Å². The number of thioether (sulfide) groups is 1. The molecule has 1 aliphatic carbocycles. The van der Waals surface area contributed by atoms with Crippen molar-refractivity contribution in [1.82, 2.24) is 4.98 Å². The smallest absolute Gasteiger partial charge is 0.151 e. The highest BCUT2D eigenvalue weighted by atomic mass is 32.2. The Bertz CT molecular complexity index is 1110. The molecule has 4 nitrogen and oxygen atoms in total. The summed E-state index contributed by atoms with van der Waals surface area (Å²) in [5.74, 6) is 0.0702. The van der Waals surface area contributed by atoms with Gasteiger partial charge in [-0.15, -0.1) is 11.8 Å². The molecule has 5 N–H and O–H groups in total. The Morgan fingerprint density at radius 3 is 2.36 bits per heavy atom. The first kappa shape index (κ1) is 26.8. The number of hydrogen-bond donors (Lipinski definition) is 3. The summed E-state index contributed by atoms with van der Waals surface area (Å²) >= 11 is 1.59. The fourth-order valence-corrected chi connectivity index (χ4v) is 4.78. The predicted octanol–water partition coefficient (Wildman–Crippen LogP) is 7.26. The van der Waals surface area contributed by atoms with Crippen LogP contribution in [0.2, 0.25) is 0 Å². The zero-order valence-electron chi connectivity index (χ0n) is 20.5. The maximum atomic E-state index is 14.9. The van der Waals surface area contributed by atoms with E-state index < -0.39 is 5.82 Å². The lowest BCUT2D eigenvalue weighted by molar-refractivity contribution is 0.636. The molecular weight excluding hydrogens is 431 g/mol. The first-order valence-corrected chi connectivity index (χ1v) is 12.8. The highest BCUT2D eigenvalue weighted by Gasteiger charge is 2.23. The van der Waals surface area contributed by atoms with Crippen molar-refractivity contribution in [2.75, 3.05) is 11.6 Å². The van der Waals surface area contributed by atoms with Crippen LogP contribution in [0.4, 0.5) is 10.1 Å². The highest BCUT2D eigenvalue weighted by Crippen LogP contribution is 2.39. The number of hydrogen-bond acceptors (Lipinski definition) is 5. The second-order valence-electron chi connectivity index (χ2n) is 7.85. The molecule has 2 aromatic carbocycles. The number of aryl methyl sites for hydroxylation is 2. The third-order valence-corrected chi connectivity index (χ3v) is 6.37. The lowest BCUT2D eigenvalue weighted by Crippen LogP contribution is -2.11. The fraction of sp³-hybridized carbons (Fsp3) is 0.407. The largest absolute Gasteiger partial charge is 0.398 e. The number of pyridine rings is 1. The van der Waals surface area contributed by atoms with E-state index in [1.807, 2.05) is 19.9 Å². The van der Waals surface area contributed by atoms with Gasteiger partial charge in [0.05, 0.1) is 5.69 Å². The molecule has 0 radical (unpaired) electrons. The maximum absolute atomic E-state index is 14.9. The molecule has 0 amide bonds. The van der Waals surface area contributed by atoms with Gasteiger partial charge in [0, 0.05) is 39.2 Å². The third-order valence-electron chi connectivity index (χ3n) is 5.45. The SMILES string of the molecule is CC.CCC.Cc1ccc(-c2nc3c(F)cc(N)c(C=N)c3c3c2CCCC3)cc1SCN. The highest BCUT2D eigenvalue weighted by molar-refractivity contribution is 7.99. The van der Waals surface area contributed by atoms with E-state index in [-0.39, 0.29) is 0 Å². The van der Waals surface area contributed by atoms with Gasteiger partial charge in [0.2, 0.25) is 0 Å². The van der Waals surface area contributed by atoms with Crippen LogP contribution in [0.5, 0.6) is 0 Å². The molecule has 0 bridgehead atoms. The number of nitrogens with one attached hydrogen (secondary N) is 1. The molecule has 0 unspecified atom stereocenters. The van der Waals surface area contributed by atoms with E-state index in [1.54, 1.807) is 11.8 Å². The van der Waals surface area contributed by atoms with Gasteiger partial charge < -0.3 is 16.9 Å². The number of benzene rings is 2. The van der Waals surface area contributed by atoms with Crippen molar-refractivity contribution in [3.63, 3.8) is 0 Å². The molecule has 0 spiro atoms. The van der Waals surface area contributed by atoms with E-state index in [2.05, 4.69) is 32.9 Å². The number of fused-ring (bicyclic) bond motifs is 3. The second-order valence-corrected chi connectivity index (χ2v) is 8.91. The average Bonchev–Trinajstić information content (AvgIpc) is 2.82. The summed E-state index contributed by atoms with van der Waals surface area (Å²) in [6.45, 7) is 10.3. The Morgan fingerprint density at radius 1 is 1.12 bits per heavy atom. The van der Waals surface area contributed by atoms with Crippen molar-refractivity contribution in [2.45, 2.75) is 71.6 Å². The Kier molecular flexibility index (Phi) is 10.3. The summed E-state index contributed by atoms with van der Waals surface area (Å²) < 4.78 is 14.9. The molecule has 178 valence electrons. The summed E-state index contributed by atoms with van der Waals surface area (Å²) in [4.78, 5) is 5.88. The molecule has 0 aliphatic heterocycles. The van der Waals surface area contributed by atoms with E-state index in [9.17, 15) is 4.39 Å². The van der Waals surface area contributed by atoms with Gasteiger partial charge in [-0.25, -0.2) is 9.37 Å². The van der Waals surface area contributed by atoms with Gasteiger partial charge >= 0.3 is 0 Å². The number of halogens is 1. The normalized spacial score (nSPS) is 12.2. The number of aromatic nitrogens is 1. The van der Waals surface area contributed by atoms with Crippen molar-refractivity contribution >= 4 is 34.6 Å². The van der Waals surface area contributed by atoms with E-state index >= 15 is 0 Å². The van der Waals surface area contributed by atoms with Gasteiger partial charge in [-0.2, -0.15) is 0 Å². The van der Waals surface area contributed by atoms with Crippen LogP contribution < -0.4 is 11.5 Å². The number of nitrogens with zero attached hydrogens (tertiary/aromatic N) is 1. The number of anilines is 1. The predicted molar refractivity (Wildman–Crippen MR) is 143 cm³/mol. The first-order chi connectivity index (χ1) is 16.0. The first-order valence-electron chi connectivity index (χ1n) is 11.8. The van der Waals surface area contributed by atoms with Crippen LogP contribution in [-0.2, 0) is 12.8 Å². The van der Waals surface area contributed by atoms with Crippen molar-refractivity contribution in [2.24, 2.45) is 5.73 Å². The molecule has 4 rings (SSSR count). The lowest BCUT2D eigenvalue weighted by Gasteiger charge is -2.23. The van der Waals surface area contributed by atoms with Crippen molar-refractivity contribution in [1.29, 1.82) is 5.41 Å². The lowest BCUT2D eigenvalue weighted by atomic mass is 9.84. The van der Waals surface area contributed by atoms with Crippen LogP contribution in [0.25, 0.3) is 22.2 Å². The molecule has 0 saturated carbocycles. The Balaban J connectivity index is 0.000000714. The van der Waals surface area contributed by atoms with Crippen LogP contribution in [-0.4, -0.2) is 17.1 Å².